The Morgan fingerprint density at radius 1 is 1.14 bits per heavy atom. The minimum atomic E-state index is -0.905. The van der Waals surface area contributed by atoms with Crippen LogP contribution in [0.5, 0.6) is 0 Å². The molecule has 0 spiro atoms. The van der Waals surface area contributed by atoms with Gasteiger partial charge in [0.1, 0.15) is 12.6 Å². The molecule has 1 N–H and O–H groups in total. The average molecular weight is 484 g/mol. The van der Waals surface area contributed by atoms with E-state index < -0.39 is 11.6 Å². The number of carbonyl (C=O) groups excluding carboxylic acids is 1. The SMILES string of the molecule is CC(C)(C)N(C(=O)O)[C@@H]1CC[C@H](c2nnc([C@@H]3CC[C@@H]4CN3C(=O)N4OCc3ccccc3)o2)C1. The van der Waals surface area contributed by atoms with E-state index in [-0.39, 0.29) is 30.1 Å². The maximum atomic E-state index is 13.1. The average Bonchev–Trinajstić information content (AvgIpc) is 3.53. The number of urea groups is 1. The largest absolute Gasteiger partial charge is 0.465 e. The molecule has 2 aromatic rings. The Hall–Kier alpha value is -3.14. The van der Waals surface area contributed by atoms with Crippen LogP contribution in [0.3, 0.4) is 0 Å². The molecule has 10 heteroatoms. The van der Waals surface area contributed by atoms with Gasteiger partial charge in [-0.25, -0.2) is 9.59 Å². The number of hydrogen-bond donors (Lipinski definition) is 1. The van der Waals surface area contributed by atoms with Crippen molar-refractivity contribution in [3.8, 4) is 0 Å². The number of hydrogen-bond acceptors (Lipinski definition) is 6. The summed E-state index contributed by atoms with van der Waals surface area (Å²) in [4.78, 5) is 34.2. The minimum Gasteiger partial charge on any atom is -0.465 e. The van der Waals surface area contributed by atoms with E-state index in [1.54, 1.807) is 9.80 Å². The molecule has 2 bridgehead atoms. The molecule has 2 saturated heterocycles. The Labute approximate surface area is 204 Å². The lowest BCUT2D eigenvalue weighted by Gasteiger charge is -2.38. The number of nitrogens with zero attached hydrogens (tertiary/aromatic N) is 5. The first-order chi connectivity index (χ1) is 16.7. The molecule has 3 aliphatic rings. The zero-order valence-electron chi connectivity index (χ0n) is 20.5. The summed E-state index contributed by atoms with van der Waals surface area (Å²) in [5.41, 5.74) is 0.534. The van der Waals surface area contributed by atoms with E-state index in [1.165, 1.54) is 5.06 Å². The van der Waals surface area contributed by atoms with Crippen LogP contribution < -0.4 is 0 Å². The van der Waals surface area contributed by atoms with Crippen LogP contribution in [0.25, 0.3) is 0 Å². The minimum absolute atomic E-state index is 0.0137. The molecule has 0 radical (unpaired) electrons. The number of benzene rings is 1. The quantitative estimate of drug-likeness (QED) is 0.641. The van der Waals surface area contributed by atoms with E-state index in [4.69, 9.17) is 9.25 Å². The highest BCUT2D eigenvalue weighted by Gasteiger charge is 2.48. The van der Waals surface area contributed by atoms with Crippen molar-refractivity contribution in [1.82, 2.24) is 25.1 Å². The normalized spacial score (nSPS) is 26.4. The lowest BCUT2D eigenvalue weighted by atomic mass is 10.0. The van der Waals surface area contributed by atoms with Gasteiger partial charge in [0.25, 0.3) is 0 Å². The third-order valence-corrected chi connectivity index (χ3v) is 7.33. The molecule has 1 aliphatic carbocycles. The molecule has 1 saturated carbocycles. The fraction of sp³-hybridized carbons (Fsp3) is 0.600. The predicted octanol–water partition coefficient (Wildman–Crippen LogP) is 4.56. The molecule has 3 heterocycles. The van der Waals surface area contributed by atoms with Gasteiger partial charge < -0.3 is 19.3 Å². The number of carboxylic acid groups (broad SMARTS) is 1. The summed E-state index contributed by atoms with van der Waals surface area (Å²) in [6.45, 7) is 6.65. The van der Waals surface area contributed by atoms with Crippen molar-refractivity contribution in [2.24, 2.45) is 0 Å². The summed E-state index contributed by atoms with van der Waals surface area (Å²) in [6.07, 6.45) is 2.83. The molecular weight excluding hydrogens is 450 g/mol. The van der Waals surface area contributed by atoms with Crippen molar-refractivity contribution in [3.63, 3.8) is 0 Å². The number of hydroxylamine groups is 2. The molecule has 1 aromatic heterocycles. The molecule has 10 nitrogen and oxygen atoms in total. The Balaban J connectivity index is 1.23. The van der Waals surface area contributed by atoms with Gasteiger partial charge in [-0.15, -0.1) is 10.2 Å². The molecule has 2 aliphatic heterocycles. The molecule has 5 rings (SSSR count). The van der Waals surface area contributed by atoms with E-state index >= 15 is 0 Å². The highest BCUT2D eigenvalue weighted by atomic mass is 16.7. The van der Waals surface area contributed by atoms with Crippen LogP contribution in [-0.4, -0.2) is 66.5 Å². The standard InChI is InChI=1S/C25H33N5O5/c1-25(2,3)29(24(32)33)18-10-9-17(13-18)21-26-27-22(35-21)20-12-11-19-14-28(20)23(31)30(19)34-15-16-7-5-4-6-8-16/h4-8,17-20H,9-15H2,1-3H3,(H,32,33)/t17-,18+,19+,20-/m0/s1. The first-order valence-electron chi connectivity index (χ1n) is 12.3. The lowest BCUT2D eigenvalue weighted by Crippen LogP contribution is -2.50. The topological polar surface area (TPSA) is 112 Å². The zero-order chi connectivity index (χ0) is 24.7. The van der Waals surface area contributed by atoms with E-state index in [9.17, 15) is 14.7 Å². The smallest absolute Gasteiger partial charge is 0.407 e. The van der Waals surface area contributed by atoms with Crippen molar-refractivity contribution < 1.29 is 24.0 Å². The third kappa shape index (κ3) is 4.59. The van der Waals surface area contributed by atoms with Gasteiger partial charge in [-0.3, -0.25) is 4.84 Å². The second-order valence-corrected chi connectivity index (χ2v) is 10.7. The number of rotatable bonds is 6. The second kappa shape index (κ2) is 9.14. The Kier molecular flexibility index (Phi) is 6.16. The van der Waals surface area contributed by atoms with E-state index in [0.717, 1.165) is 31.2 Å². The van der Waals surface area contributed by atoms with Gasteiger partial charge in [0.2, 0.25) is 11.8 Å². The molecule has 3 amide bonds. The van der Waals surface area contributed by atoms with Crippen molar-refractivity contribution in [2.75, 3.05) is 6.54 Å². The second-order valence-electron chi connectivity index (χ2n) is 10.7. The number of aromatic nitrogens is 2. The Morgan fingerprint density at radius 2 is 1.89 bits per heavy atom. The zero-order valence-corrected chi connectivity index (χ0v) is 20.5. The first kappa shape index (κ1) is 23.6. The highest BCUT2D eigenvalue weighted by Crippen LogP contribution is 2.41. The van der Waals surface area contributed by atoms with Gasteiger partial charge in [-0.05, 0) is 58.4 Å². The monoisotopic (exact) mass is 483 g/mol. The van der Waals surface area contributed by atoms with Crippen LogP contribution in [0.2, 0.25) is 0 Å². The van der Waals surface area contributed by atoms with Crippen LogP contribution >= 0.6 is 0 Å². The fourth-order valence-corrected chi connectivity index (χ4v) is 5.73. The van der Waals surface area contributed by atoms with Crippen LogP contribution in [0, 0.1) is 0 Å². The van der Waals surface area contributed by atoms with Crippen molar-refractivity contribution in [2.45, 2.75) is 89.1 Å². The van der Waals surface area contributed by atoms with Crippen molar-refractivity contribution in [3.05, 3.63) is 47.7 Å². The van der Waals surface area contributed by atoms with Crippen LogP contribution in [0.1, 0.15) is 82.2 Å². The van der Waals surface area contributed by atoms with Gasteiger partial charge in [-0.2, -0.15) is 5.06 Å². The maximum absolute atomic E-state index is 13.1. The number of piperidine rings is 1. The van der Waals surface area contributed by atoms with Gasteiger partial charge in [0.05, 0.1) is 6.04 Å². The molecular formula is C25H33N5O5. The van der Waals surface area contributed by atoms with Gasteiger partial charge >= 0.3 is 12.1 Å². The van der Waals surface area contributed by atoms with Crippen LogP contribution in [-0.2, 0) is 11.4 Å². The van der Waals surface area contributed by atoms with Crippen molar-refractivity contribution in [1.29, 1.82) is 0 Å². The summed E-state index contributed by atoms with van der Waals surface area (Å²) >= 11 is 0. The third-order valence-electron chi connectivity index (χ3n) is 7.33. The van der Waals surface area contributed by atoms with E-state index in [1.807, 2.05) is 51.1 Å². The molecule has 0 unspecified atom stereocenters. The maximum Gasteiger partial charge on any atom is 0.407 e. The lowest BCUT2D eigenvalue weighted by molar-refractivity contribution is -0.140. The molecule has 1 aromatic carbocycles. The van der Waals surface area contributed by atoms with Crippen molar-refractivity contribution >= 4 is 12.1 Å². The summed E-state index contributed by atoms with van der Waals surface area (Å²) in [6, 6.07) is 9.28. The van der Waals surface area contributed by atoms with E-state index in [2.05, 4.69) is 10.2 Å². The predicted molar refractivity (Wildman–Crippen MR) is 125 cm³/mol. The highest BCUT2D eigenvalue weighted by molar-refractivity contribution is 5.77. The van der Waals surface area contributed by atoms with Gasteiger partial charge in [0.15, 0.2) is 0 Å². The summed E-state index contributed by atoms with van der Waals surface area (Å²) in [5, 5.41) is 19.9. The number of amides is 3. The van der Waals surface area contributed by atoms with Crippen LogP contribution in [0.15, 0.2) is 34.7 Å². The van der Waals surface area contributed by atoms with Gasteiger partial charge in [0, 0.05) is 24.0 Å². The van der Waals surface area contributed by atoms with E-state index in [0.29, 0.717) is 31.4 Å². The number of fused-ring (bicyclic) bond motifs is 2. The summed E-state index contributed by atoms with van der Waals surface area (Å²) in [5.74, 6) is 1.00. The molecule has 188 valence electrons. The fourth-order valence-electron chi connectivity index (χ4n) is 5.73. The molecule has 3 fully saturated rings. The van der Waals surface area contributed by atoms with Crippen LogP contribution in [0.4, 0.5) is 9.59 Å². The summed E-state index contributed by atoms with van der Waals surface area (Å²) in [7, 11) is 0. The summed E-state index contributed by atoms with van der Waals surface area (Å²) < 4.78 is 6.10. The Bertz CT molecular complexity index is 1070. The molecule has 4 atom stereocenters. The first-order valence-corrected chi connectivity index (χ1v) is 12.3. The Morgan fingerprint density at radius 3 is 2.60 bits per heavy atom. The number of carbonyl (C=O) groups is 2. The molecule has 35 heavy (non-hydrogen) atoms. The van der Waals surface area contributed by atoms with Gasteiger partial charge in [-0.1, -0.05) is 30.3 Å².